The van der Waals surface area contributed by atoms with Crippen molar-refractivity contribution < 1.29 is 5.11 Å². The summed E-state index contributed by atoms with van der Waals surface area (Å²) in [5.41, 5.74) is 2.78. The number of para-hydroxylation sites is 1. The summed E-state index contributed by atoms with van der Waals surface area (Å²) in [6, 6.07) is 8.94. The van der Waals surface area contributed by atoms with Gasteiger partial charge >= 0.3 is 0 Å². The Balaban J connectivity index is 2.29. The van der Waals surface area contributed by atoms with Crippen molar-refractivity contribution in [2.75, 3.05) is 24.6 Å². The number of benzene rings is 1. The molecule has 1 aromatic carbocycles. The number of anilines is 1. The van der Waals surface area contributed by atoms with Gasteiger partial charge in [-0.1, -0.05) is 18.2 Å². The number of hydrogen-bond acceptors (Lipinski definition) is 3. The van der Waals surface area contributed by atoms with Gasteiger partial charge in [-0.2, -0.15) is 0 Å². The summed E-state index contributed by atoms with van der Waals surface area (Å²) in [6.45, 7) is 9.01. The SMILES string of the molecule is Cc1ccccc1N1CC(CCO)NCCC1(C)C. The minimum atomic E-state index is 0.142. The van der Waals surface area contributed by atoms with E-state index in [1.165, 1.54) is 11.3 Å². The van der Waals surface area contributed by atoms with Gasteiger partial charge in [-0.05, 0) is 51.8 Å². The molecule has 0 spiro atoms. The number of aliphatic hydroxyl groups excluding tert-OH is 1. The number of hydrogen-bond donors (Lipinski definition) is 2. The average Bonchev–Trinajstić information content (AvgIpc) is 2.50. The van der Waals surface area contributed by atoms with Crippen LogP contribution in [0.1, 0.15) is 32.3 Å². The lowest BCUT2D eigenvalue weighted by Crippen LogP contribution is -2.47. The van der Waals surface area contributed by atoms with E-state index in [2.05, 4.69) is 55.3 Å². The largest absolute Gasteiger partial charge is 0.396 e. The fourth-order valence-corrected chi connectivity index (χ4v) is 2.89. The summed E-state index contributed by atoms with van der Waals surface area (Å²) in [5, 5.41) is 12.7. The summed E-state index contributed by atoms with van der Waals surface area (Å²) in [7, 11) is 0. The highest BCUT2D eigenvalue weighted by Crippen LogP contribution is 2.31. The Hall–Kier alpha value is -1.06. The highest BCUT2D eigenvalue weighted by molar-refractivity contribution is 5.55. The zero-order valence-corrected chi connectivity index (χ0v) is 12.3. The van der Waals surface area contributed by atoms with Crippen LogP contribution in [0.3, 0.4) is 0 Å². The first-order valence-corrected chi connectivity index (χ1v) is 7.22. The van der Waals surface area contributed by atoms with Gasteiger partial charge in [0.1, 0.15) is 0 Å². The van der Waals surface area contributed by atoms with Crippen LogP contribution in [0.2, 0.25) is 0 Å². The Labute approximate surface area is 116 Å². The van der Waals surface area contributed by atoms with Crippen molar-refractivity contribution in [3.8, 4) is 0 Å². The third-order valence-corrected chi connectivity index (χ3v) is 4.19. The van der Waals surface area contributed by atoms with Crippen LogP contribution in [0.25, 0.3) is 0 Å². The molecule has 1 aliphatic rings. The molecule has 1 heterocycles. The minimum absolute atomic E-state index is 0.142. The van der Waals surface area contributed by atoms with Crippen molar-refractivity contribution in [1.29, 1.82) is 0 Å². The lowest BCUT2D eigenvalue weighted by atomic mass is 9.96. The molecule has 1 aliphatic heterocycles. The van der Waals surface area contributed by atoms with Crippen LogP contribution in [-0.4, -0.2) is 36.4 Å². The molecular weight excluding hydrogens is 236 g/mol. The third kappa shape index (κ3) is 3.28. The van der Waals surface area contributed by atoms with E-state index in [1.807, 2.05) is 0 Å². The predicted octanol–water partition coefficient (Wildman–Crippen LogP) is 2.32. The molecule has 106 valence electrons. The van der Waals surface area contributed by atoms with Crippen LogP contribution in [0.15, 0.2) is 24.3 Å². The molecule has 19 heavy (non-hydrogen) atoms. The molecule has 1 saturated heterocycles. The first-order valence-electron chi connectivity index (χ1n) is 7.22. The van der Waals surface area contributed by atoms with Crippen molar-refractivity contribution in [3.05, 3.63) is 29.8 Å². The topological polar surface area (TPSA) is 35.5 Å². The lowest BCUT2D eigenvalue weighted by molar-refractivity contribution is 0.267. The number of aryl methyl sites for hydroxylation is 1. The van der Waals surface area contributed by atoms with Crippen LogP contribution in [0.4, 0.5) is 5.69 Å². The molecule has 0 amide bonds. The minimum Gasteiger partial charge on any atom is -0.396 e. The second-order valence-corrected chi connectivity index (χ2v) is 6.12. The van der Waals surface area contributed by atoms with Crippen LogP contribution in [0, 0.1) is 6.92 Å². The normalized spacial score (nSPS) is 23.2. The van der Waals surface area contributed by atoms with Gasteiger partial charge in [0.05, 0.1) is 0 Å². The second-order valence-electron chi connectivity index (χ2n) is 6.12. The molecule has 3 heteroatoms. The van der Waals surface area contributed by atoms with Gasteiger partial charge in [0.15, 0.2) is 0 Å². The molecule has 0 saturated carbocycles. The summed E-state index contributed by atoms with van der Waals surface area (Å²) in [5.74, 6) is 0. The van der Waals surface area contributed by atoms with E-state index in [0.29, 0.717) is 6.04 Å². The molecule has 1 aromatic rings. The molecule has 1 unspecified atom stereocenters. The van der Waals surface area contributed by atoms with Gasteiger partial charge in [-0.25, -0.2) is 0 Å². The fourth-order valence-electron chi connectivity index (χ4n) is 2.89. The molecule has 0 aromatic heterocycles. The second kappa shape index (κ2) is 5.93. The Bertz CT molecular complexity index is 417. The monoisotopic (exact) mass is 262 g/mol. The summed E-state index contributed by atoms with van der Waals surface area (Å²) in [6.07, 6.45) is 1.93. The van der Waals surface area contributed by atoms with E-state index in [-0.39, 0.29) is 12.1 Å². The van der Waals surface area contributed by atoms with Gasteiger partial charge in [0.25, 0.3) is 0 Å². The van der Waals surface area contributed by atoms with Crippen LogP contribution in [0.5, 0.6) is 0 Å². The molecule has 1 atom stereocenters. The fraction of sp³-hybridized carbons (Fsp3) is 0.625. The number of aliphatic hydroxyl groups is 1. The molecule has 1 fully saturated rings. The zero-order valence-electron chi connectivity index (χ0n) is 12.3. The van der Waals surface area contributed by atoms with E-state index >= 15 is 0 Å². The Kier molecular flexibility index (Phi) is 4.48. The number of nitrogens with zero attached hydrogens (tertiary/aromatic N) is 1. The molecule has 0 bridgehead atoms. The standard InChI is InChI=1S/C16H26N2O/c1-13-6-4-5-7-15(13)18-12-14(8-11-19)17-10-9-16(18,2)3/h4-7,14,17,19H,8-12H2,1-3H3. The third-order valence-electron chi connectivity index (χ3n) is 4.19. The summed E-state index contributed by atoms with van der Waals surface area (Å²) < 4.78 is 0. The number of rotatable bonds is 3. The molecule has 0 aliphatic carbocycles. The highest BCUT2D eigenvalue weighted by atomic mass is 16.3. The highest BCUT2D eigenvalue weighted by Gasteiger charge is 2.32. The van der Waals surface area contributed by atoms with Gasteiger partial charge in [0, 0.05) is 30.4 Å². The van der Waals surface area contributed by atoms with Crippen molar-refractivity contribution in [3.63, 3.8) is 0 Å². The van der Waals surface area contributed by atoms with Gasteiger partial charge < -0.3 is 15.3 Å². The van der Waals surface area contributed by atoms with E-state index < -0.39 is 0 Å². The Morgan fingerprint density at radius 3 is 2.79 bits per heavy atom. The molecule has 3 nitrogen and oxygen atoms in total. The van der Waals surface area contributed by atoms with Crippen molar-refractivity contribution in [1.82, 2.24) is 5.32 Å². The van der Waals surface area contributed by atoms with Crippen molar-refractivity contribution >= 4 is 5.69 Å². The quantitative estimate of drug-likeness (QED) is 0.877. The van der Waals surface area contributed by atoms with Crippen molar-refractivity contribution in [2.45, 2.75) is 45.2 Å². The summed E-state index contributed by atoms with van der Waals surface area (Å²) >= 11 is 0. The maximum Gasteiger partial charge on any atom is 0.0446 e. The Morgan fingerprint density at radius 2 is 2.11 bits per heavy atom. The maximum absolute atomic E-state index is 9.19. The van der Waals surface area contributed by atoms with Crippen LogP contribution >= 0.6 is 0 Å². The van der Waals surface area contributed by atoms with Gasteiger partial charge in [0.2, 0.25) is 0 Å². The average molecular weight is 262 g/mol. The molecule has 0 radical (unpaired) electrons. The number of nitrogens with one attached hydrogen (secondary N) is 1. The van der Waals surface area contributed by atoms with Crippen LogP contribution < -0.4 is 10.2 Å². The molecule has 2 rings (SSSR count). The van der Waals surface area contributed by atoms with Crippen LogP contribution in [-0.2, 0) is 0 Å². The van der Waals surface area contributed by atoms with E-state index in [9.17, 15) is 5.11 Å². The van der Waals surface area contributed by atoms with Gasteiger partial charge in [-0.15, -0.1) is 0 Å². The van der Waals surface area contributed by atoms with E-state index in [0.717, 1.165) is 25.9 Å². The summed E-state index contributed by atoms with van der Waals surface area (Å²) in [4.78, 5) is 2.50. The smallest absolute Gasteiger partial charge is 0.0446 e. The van der Waals surface area contributed by atoms with E-state index in [1.54, 1.807) is 0 Å². The van der Waals surface area contributed by atoms with Gasteiger partial charge in [-0.3, -0.25) is 0 Å². The van der Waals surface area contributed by atoms with Crippen molar-refractivity contribution in [2.24, 2.45) is 0 Å². The maximum atomic E-state index is 9.19. The predicted molar refractivity (Wildman–Crippen MR) is 80.7 cm³/mol. The lowest BCUT2D eigenvalue weighted by Gasteiger charge is -2.40. The first-order chi connectivity index (χ1) is 9.04. The Morgan fingerprint density at radius 1 is 1.37 bits per heavy atom. The first kappa shape index (κ1) is 14.4. The molecular formula is C16H26N2O. The zero-order chi connectivity index (χ0) is 13.9. The molecule has 2 N–H and O–H groups in total. The van der Waals surface area contributed by atoms with E-state index in [4.69, 9.17) is 0 Å².